The number of nitrogens with one attached hydrogen (secondary N) is 2. The summed E-state index contributed by atoms with van der Waals surface area (Å²) in [4.78, 5) is 13.7. The second-order valence-corrected chi connectivity index (χ2v) is 7.67. The van der Waals surface area contributed by atoms with E-state index < -0.39 is 0 Å². The minimum atomic E-state index is -0.344. The highest BCUT2D eigenvalue weighted by Crippen LogP contribution is 2.30. The minimum absolute atomic E-state index is 0.329. The fourth-order valence-electron chi connectivity index (χ4n) is 3.95. The highest BCUT2D eigenvalue weighted by Gasteiger charge is 2.19. The Morgan fingerprint density at radius 3 is 2.84 bits per heavy atom. The van der Waals surface area contributed by atoms with Gasteiger partial charge in [0.1, 0.15) is 11.5 Å². The lowest BCUT2D eigenvalue weighted by atomic mass is 10.1. The van der Waals surface area contributed by atoms with Crippen LogP contribution in [0, 0.1) is 12.7 Å². The van der Waals surface area contributed by atoms with E-state index in [1.807, 2.05) is 22.9 Å². The van der Waals surface area contributed by atoms with Crippen molar-refractivity contribution < 1.29 is 4.39 Å². The molecule has 0 unspecified atom stereocenters. The Morgan fingerprint density at radius 2 is 1.94 bits per heavy atom. The monoisotopic (exact) mass is 427 g/mol. The molecule has 6 heterocycles. The lowest BCUT2D eigenvalue weighted by molar-refractivity contribution is 0.468. The fraction of sp³-hybridized carbons (Fsp3) is 0.182. The average molecular weight is 427 g/mol. The highest BCUT2D eigenvalue weighted by atomic mass is 19.1. The van der Waals surface area contributed by atoms with E-state index in [1.165, 1.54) is 6.07 Å². The first-order valence-corrected chi connectivity index (χ1v) is 10.2. The zero-order valence-electron chi connectivity index (χ0n) is 17.2. The van der Waals surface area contributed by atoms with Crippen LogP contribution in [0.3, 0.4) is 0 Å². The molecule has 10 heteroatoms. The standard InChI is InChI=1S/C22H18FN9/c1-12-15(23)2-3-18(27-12)22-14(10-26-29-22)16-4-5-17-19(28-16)8-13(9-25-17)21-20-11-24-6-7-32(20)31-30-21/h2-5,8-10,24H,6-7,11H2,1H3,(H,26,29). The average Bonchev–Trinajstić information content (AvgIpc) is 3.48. The van der Waals surface area contributed by atoms with Gasteiger partial charge >= 0.3 is 0 Å². The predicted octanol–water partition coefficient (Wildman–Crippen LogP) is 2.89. The van der Waals surface area contributed by atoms with Crippen molar-refractivity contribution in [2.75, 3.05) is 6.54 Å². The number of hydrogen-bond acceptors (Lipinski definition) is 7. The van der Waals surface area contributed by atoms with Crippen LogP contribution in [-0.4, -0.2) is 46.7 Å². The molecule has 6 rings (SSSR count). The fourth-order valence-corrected chi connectivity index (χ4v) is 3.95. The van der Waals surface area contributed by atoms with Crippen molar-refractivity contribution in [1.82, 2.24) is 45.5 Å². The molecule has 0 atom stereocenters. The maximum atomic E-state index is 13.7. The number of aryl methyl sites for hydroxylation is 1. The molecule has 0 aliphatic carbocycles. The first-order valence-electron chi connectivity index (χ1n) is 10.2. The quantitative estimate of drug-likeness (QED) is 0.456. The molecule has 0 aromatic carbocycles. The molecular weight excluding hydrogens is 409 g/mol. The molecule has 5 aromatic heterocycles. The summed E-state index contributed by atoms with van der Waals surface area (Å²) in [6.45, 7) is 4.03. The van der Waals surface area contributed by atoms with Gasteiger partial charge in [0, 0.05) is 30.4 Å². The predicted molar refractivity (Wildman–Crippen MR) is 116 cm³/mol. The first kappa shape index (κ1) is 18.7. The third-order valence-electron chi connectivity index (χ3n) is 5.63. The van der Waals surface area contributed by atoms with Crippen molar-refractivity contribution in [2.24, 2.45) is 0 Å². The summed E-state index contributed by atoms with van der Waals surface area (Å²) in [6.07, 6.45) is 3.50. The number of pyridine rings is 3. The molecule has 0 spiro atoms. The lowest BCUT2D eigenvalue weighted by Gasteiger charge is -2.14. The molecule has 0 fully saturated rings. The Labute approximate surface area is 181 Å². The summed E-state index contributed by atoms with van der Waals surface area (Å²) < 4.78 is 15.6. The van der Waals surface area contributed by atoms with Crippen LogP contribution in [0.1, 0.15) is 11.4 Å². The number of fused-ring (bicyclic) bond motifs is 2. The molecular formula is C22H18FN9. The van der Waals surface area contributed by atoms with Crippen molar-refractivity contribution in [3.63, 3.8) is 0 Å². The van der Waals surface area contributed by atoms with Gasteiger partial charge in [0.15, 0.2) is 0 Å². The van der Waals surface area contributed by atoms with Gasteiger partial charge in [-0.1, -0.05) is 5.21 Å². The van der Waals surface area contributed by atoms with E-state index in [1.54, 1.807) is 25.4 Å². The number of rotatable bonds is 3. The molecule has 0 saturated carbocycles. The minimum Gasteiger partial charge on any atom is -0.309 e. The van der Waals surface area contributed by atoms with Gasteiger partial charge < -0.3 is 5.32 Å². The van der Waals surface area contributed by atoms with E-state index in [2.05, 4.69) is 35.8 Å². The van der Waals surface area contributed by atoms with Crippen LogP contribution >= 0.6 is 0 Å². The van der Waals surface area contributed by atoms with Gasteiger partial charge in [-0.05, 0) is 37.3 Å². The Kier molecular flexibility index (Phi) is 4.25. The van der Waals surface area contributed by atoms with Crippen molar-refractivity contribution in [1.29, 1.82) is 0 Å². The molecule has 0 amide bonds. The van der Waals surface area contributed by atoms with Crippen molar-refractivity contribution in [3.05, 3.63) is 59.9 Å². The molecule has 1 aliphatic rings. The van der Waals surface area contributed by atoms with Crippen LogP contribution in [0.4, 0.5) is 4.39 Å². The zero-order valence-corrected chi connectivity index (χ0v) is 17.2. The van der Waals surface area contributed by atoms with Crippen LogP contribution in [0.2, 0.25) is 0 Å². The Balaban J connectivity index is 1.43. The van der Waals surface area contributed by atoms with E-state index >= 15 is 0 Å². The molecule has 1 aliphatic heterocycles. The van der Waals surface area contributed by atoms with E-state index in [9.17, 15) is 4.39 Å². The number of nitrogens with zero attached hydrogens (tertiary/aromatic N) is 7. The van der Waals surface area contributed by atoms with Gasteiger partial charge in [-0.15, -0.1) is 5.10 Å². The van der Waals surface area contributed by atoms with Crippen molar-refractivity contribution >= 4 is 11.0 Å². The number of halogens is 1. The molecule has 0 bridgehead atoms. The van der Waals surface area contributed by atoms with Crippen LogP contribution in [0.25, 0.3) is 44.9 Å². The maximum Gasteiger partial charge on any atom is 0.144 e. The lowest BCUT2D eigenvalue weighted by Crippen LogP contribution is -2.28. The van der Waals surface area contributed by atoms with Crippen LogP contribution in [0.15, 0.2) is 42.7 Å². The van der Waals surface area contributed by atoms with Gasteiger partial charge in [0.05, 0.1) is 52.2 Å². The Bertz CT molecular complexity index is 1470. The highest BCUT2D eigenvalue weighted by molar-refractivity contribution is 5.84. The second-order valence-electron chi connectivity index (χ2n) is 7.67. The molecule has 9 nitrogen and oxygen atoms in total. The van der Waals surface area contributed by atoms with Crippen molar-refractivity contribution in [3.8, 4) is 33.9 Å². The Morgan fingerprint density at radius 1 is 1.03 bits per heavy atom. The molecule has 32 heavy (non-hydrogen) atoms. The number of hydrogen-bond donors (Lipinski definition) is 2. The summed E-state index contributed by atoms with van der Waals surface area (Å²) in [5.74, 6) is -0.344. The van der Waals surface area contributed by atoms with E-state index in [4.69, 9.17) is 4.98 Å². The number of H-pyrrole nitrogens is 1. The normalized spacial score (nSPS) is 13.4. The topological polar surface area (TPSA) is 110 Å². The van der Waals surface area contributed by atoms with Crippen LogP contribution in [-0.2, 0) is 13.1 Å². The van der Waals surface area contributed by atoms with Crippen LogP contribution in [0.5, 0.6) is 0 Å². The summed E-state index contributed by atoms with van der Waals surface area (Å²) in [6, 6.07) is 8.82. The molecule has 5 aromatic rings. The number of aromatic amines is 1. The maximum absolute atomic E-state index is 13.7. The molecule has 0 radical (unpaired) electrons. The summed E-state index contributed by atoms with van der Waals surface area (Å²) in [7, 11) is 0. The molecule has 0 saturated heterocycles. The van der Waals surface area contributed by atoms with E-state index in [-0.39, 0.29) is 5.82 Å². The van der Waals surface area contributed by atoms with Gasteiger partial charge in [-0.3, -0.25) is 10.1 Å². The summed E-state index contributed by atoms with van der Waals surface area (Å²) >= 11 is 0. The Hall–Kier alpha value is -4.05. The summed E-state index contributed by atoms with van der Waals surface area (Å²) in [5.41, 5.74) is 7.35. The van der Waals surface area contributed by atoms with Gasteiger partial charge in [-0.25, -0.2) is 19.0 Å². The van der Waals surface area contributed by atoms with Crippen molar-refractivity contribution in [2.45, 2.75) is 20.0 Å². The third kappa shape index (κ3) is 3.04. The third-order valence-corrected chi connectivity index (χ3v) is 5.63. The molecule has 158 valence electrons. The van der Waals surface area contributed by atoms with Gasteiger partial charge in [0.2, 0.25) is 0 Å². The molecule has 2 N–H and O–H groups in total. The SMILES string of the molecule is Cc1nc(-c2[nH]ncc2-c2ccc3ncc(-c4nnn5c4CNCC5)cc3n2)ccc1F. The van der Waals surface area contributed by atoms with Crippen LogP contribution < -0.4 is 5.32 Å². The zero-order chi connectivity index (χ0) is 21.7. The number of aromatic nitrogens is 8. The van der Waals surface area contributed by atoms with Gasteiger partial charge in [0.25, 0.3) is 0 Å². The van der Waals surface area contributed by atoms with Gasteiger partial charge in [-0.2, -0.15) is 5.10 Å². The second kappa shape index (κ2) is 7.27. The summed E-state index contributed by atoms with van der Waals surface area (Å²) in [5, 5.41) is 19.1. The first-order chi connectivity index (χ1) is 15.7. The van der Waals surface area contributed by atoms with E-state index in [0.717, 1.165) is 58.9 Å². The smallest absolute Gasteiger partial charge is 0.144 e. The largest absolute Gasteiger partial charge is 0.309 e. The van der Waals surface area contributed by atoms with E-state index in [0.29, 0.717) is 17.1 Å².